The Balaban J connectivity index is 2.15. The molecule has 0 unspecified atom stereocenters. The number of hydrogen-bond acceptors (Lipinski definition) is 13. The summed E-state index contributed by atoms with van der Waals surface area (Å²) in [6, 6.07) is -0.283. The lowest BCUT2D eigenvalue weighted by atomic mass is 9.74. The van der Waals surface area contributed by atoms with Crippen LogP contribution in [0.5, 0.6) is 0 Å². The second-order valence-corrected chi connectivity index (χ2v) is 16.4. The first kappa shape index (κ1) is 43.4. The molecule has 0 aromatic rings. The molecule has 0 aromatic carbocycles. The lowest BCUT2D eigenvalue weighted by Crippen LogP contribution is -2.60. The van der Waals surface area contributed by atoms with E-state index in [0.29, 0.717) is 12.8 Å². The number of aliphatic hydroxyl groups is 5. The summed E-state index contributed by atoms with van der Waals surface area (Å²) in [5.41, 5.74) is -2.66. The van der Waals surface area contributed by atoms with Gasteiger partial charge >= 0.3 is 5.97 Å². The molecular formula is C37H69NO12. The van der Waals surface area contributed by atoms with E-state index in [4.69, 9.17) is 28.4 Å². The quantitative estimate of drug-likeness (QED) is 0.243. The van der Waals surface area contributed by atoms with Crippen molar-refractivity contribution in [2.45, 2.75) is 180 Å². The van der Waals surface area contributed by atoms with Gasteiger partial charge in [0.05, 0.1) is 53.7 Å². The fraction of sp³-hybridized carbons (Fsp3) is 0.973. The second-order valence-electron chi connectivity index (χ2n) is 16.4. The largest absolute Gasteiger partial charge is 0.462 e. The first-order chi connectivity index (χ1) is 23.1. The predicted octanol–water partition coefficient (Wildman–Crippen LogP) is 2.46. The molecule has 0 saturated carbocycles. The molecule has 13 nitrogen and oxygen atoms in total. The van der Waals surface area contributed by atoms with Crippen LogP contribution in [0.3, 0.4) is 0 Å². The normalized spacial score (nSPS) is 50.5. The zero-order valence-corrected chi connectivity index (χ0v) is 32.7. The Bertz CT molecular complexity index is 1080. The summed E-state index contributed by atoms with van der Waals surface area (Å²) < 4.78 is 37.4. The molecule has 50 heavy (non-hydrogen) atoms. The molecule has 13 heteroatoms. The van der Waals surface area contributed by atoms with E-state index in [-0.39, 0.29) is 25.0 Å². The number of likely N-dealkylation sites (N-methyl/N-ethyl adjacent to an activating group) is 1. The zero-order valence-electron chi connectivity index (χ0n) is 32.7. The second kappa shape index (κ2) is 17.4. The lowest BCUT2D eigenvalue weighted by Gasteiger charge is -2.49. The van der Waals surface area contributed by atoms with Gasteiger partial charge in [0, 0.05) is 37.3 Å². The van der Waals surface area contributed by atoms with Crippen LogP contribution in [0.4, 0.5) is 0 Å². The first-order valence-corrected chi connectivity index (χ1v) is 18.6. The number of ether oxygens (including phenoxy) is 6. The van der Waals surface area contributed by atoms with Gasteiger partial charge in [-0.1, -0.05) is 34.6 Å². The third kappa shape index (κ3) is 9.57. The zero-order chi connectivity index (χ0) is 38.0. The first-order valence-electron chi connectivity index (χ1n) is 18.6. The highest BCUT2D eigenvalue weighted by atomic mass is 16.7. The number of cyclic esters (lactones) is 1. The highest BCUT2D eigenvalue weighted by molar-refractivity contribution is 5.73. The van der Waals surface area contributed by atoms with Crippen molar-refractivity contribution in [3.63, 3.8) is 0 Å². The average Bonchev–Trinajstić information content (AvgIpc) is 3.05. The summed E-state index contributed by atoms with van der Waals surface area (Å²) in [6.07, 6.45) is -8.48. The van der Waals surface area contributed by atoms with Gasteiger partial charge in [-0.3, -0.25) is 4.79 Å². The Labute approximate surface area is 299 Å². The predicted molar refractivity (Wildman–Crippen MR) is 186 cm³/mol. The van der Waals surface area contributed by atoms with E-state index in [1.807, 2.05) is 46.7 Å². The fourth-order valence-electron chi connectivity index (χ4n) is 8.54. The summed E-state index contributed by atoms with van der Waals surface area (Å²) in [7, 11) is 5.26. The van der Waals surface area contributed by atoms with Crippen LogP contribution in [0.1, 0.15) is 94.9 Å². The molecule has 3 saturated heterocycles. The van der Waals surface area contributed by atoms with E-state index >= 15 is 0 Å². The third-order valence-electron chi connectivity index (χ3n) is 12.0. The van der Waals surface area contributed by atoms with Crippen LogP contribution in [-0.4, -0.2) is 142 Å². The molecule has 3 aliphatic heterocycles. The minimum absolute atomic E-state index is 0.0533. The van der Waals surface area contributed by atoms with E-state index in [0.717, 1.165) is 0 Å². The van der Waals surface area contributed by atoms with Crippen LogP contribution in [0.25, 0.3) is 0 Å². The summed E-state index contributed by atoms with van der Waals surface area (Å²) in [4.78, 5) is 16.0. The summed E-state index contributed by atoms with van der Waals surface area (Å²) in [6.45, 7) is 17.8. The number of methoxy groups -OCH3 is 1. The SMILES string of the molecule is CC[C@H]1OC(=O)[C@H](C)[C@@H](O[C@H]2C[C@@](C)(OC)[C@@H](O)[C@H](C)O2)[C@H](C)[C@@H](O[C@@H]2O[C@H](C)C[C@H](N(C)C)[C@H]2O)[C@](C)(O)C[C@@H](C)[C@H](O)[C@H](C)[C@@H](O)[C@H]1C. The van der Waals surface area contributed by atoms with Crippen LogP contribution in [0.15, 0.2) is 0 Å². The third-order valence-corrected chi connectivity index (χ3v) is 12.0. The van der Waals surface area contributed by atoms with Gasteiger partial charge in [0.15, 0.2) is 12.6 Å². The molecule has 0 radical (unpaired) electrons. The van der Waals surface area contributed by atoms with E-state index in [2.05, 4.69) is 0 Å². The molecule has 3 heterocycles. The molecule has 0 aliphatic carbocycles. The number of hydrogen-bond donors (Lipinski definition) is 5. The van der Waals surface area contributed by atoms with Crippen molar-refractivity contribution in [1.82, 2.24) is 4.90 Å². The lowest BCUT2D eigenvalue weighted by molar-refractivity contribution is -0.318. The number of aliphatic hydroxyl groups excluding tert-OH is 4. The molecule has 0 bridgehead atoms. The molecular weight excluding hydrogens is 650 g/mol. The Morgan fingerprint density at radius 3 is 2.04 bits per heavy atom. The molecule has 3 rings (SSSR count). The van der Waals surface area contributed by atoms with Crippen molar-refractivity contribution < 1.29 is 58.7 Å². The Hall–Kier alpha value is -0.970. The molecule has 0 aromatic heterocycles. The van der Waals surface area contributed by atoms with Gasteiger partial charge in [0.25, 0.3) is 0 Å². The van der Waals surface area contributed by atoms with Gasteiger partial charge in [-0.2, -0.15) is 0 Å². The topological polar surface area (TPSA) is 177 Å². The average molecular weight is 720 g/mol. The number of esters is 1. The van der Waals surface area contributed by atoms with Crippen LogP contribution < -0.4 is 0 Å². The summed E-state index contributed by atoms with van der Waals surface area (Å²) in [5, 5.41) is 57.7. The smallest absolute Gasteiger partial charge is 0.311 e. The minimum atomic E-state index is -1.66. The Morgan fingerprint density at radius 1 is 0.860 bits per heavy atom. The van der Waals surface area contributed by atoms with Gasteiger partial charge < -0.3 is 58.9 Å². The van der Waals surface area contributed by atoms with Crippen molar-refractivity contribution in [3.05, 3.63) is 0 Å². The van der Waals surface area contributed by atoms with Crippen LogP contribution in [0.2, 0.25) is 0 Å². The van der Waals surface area contributed by atoms with Crippen molar-refractivity contribution >= 4 is 5.97 Å². The molecule has 0 spiro atoms. The van der Waals surface area contributed by atoms with Gasteiger partial charge in [0.1, 0.15) is 18.3 Å². The van der Waals surface area contributed by atoms with Crippen LogP contribution >= 0.6 is 0 Å². The van der Waals surface area contributed by atoms with Gasteiger partial charge in [0.2, 0.25) is 0 Å². The van der Waals surface area contributed by atoms with Crippen LogP contribution in [0, 0.1) is 29.6 Å². The summed E-state index contributed by atoms with van der Waals surface area (Å²) >= 11 is 0. The molecule has 3 aliphatic rings. The van der Waals surface area contributed by atoms with E-state index < -0.39 is 108 Å². The number of rotatable bonds is 7. The minimum Gasteiger partial charge on any atom is -0.462 e. The van der Waals surface area contributed by atoms with Crippen molar-refractivity contribution in [2.24, 2.45) is 29.6 Å². The monoisotopic (exact) mass is 719 g/mol. The van der Waals surface area contributed by atoms with Crippen molar-refractivity contribution in [1.29, 1.82) is 0 Å². The van der Waals surface area contributed by atoms with Gasteiger partial charge in [-0.05, 0) is 73.9 Å². The van der Waals surface area contributed by atoms with Crippen LogP contribution in [-0.2, 0) is 33.2 Å². The van der Waals surface area contributed by atoms with Gasteiger partial charge in [-0.15, -0.1) is 0 Å². The highest BCUT2D eigenvalue weighted by Gasteiger charge is 2.52. The Morgan fingerprint density at radius 2 is 1.48 bits per heavy atom. The number of carbonyl (C=O) groups excluding carboxylic acids is 1. The summed E-state index contributed by atoms with van der Waals surface area (Å²) in [5.74, 6) is -3.83. The molecule has 3 fully saturated rings. The fourth-order valence-corrected chi connectivity index (χ4v) is 8.54. The maximum atomic E-state index is 14.1. The molecule has 5 N–H and O–H groups in total. The molecule has 0 amide bonds. The van der Waals surface area contributed by atoms with E-state index in [9.17, 15) is 30.3 Å². The van der Waals surface area contributed by atoms with Crippen molar-refractivity contribution in [2.75, 3.05) is 21.2 Å². The number of carbonyl (C=O) groups is 1. The Kier molecular flexibility index (Phi) is 15.2. The maximum absolute atomic E-state index is 14.1. The standard InChI is InChI=1S/C37H69NO12/c1-14-26-20(4)29(40)21(5)28(39)18(2)16-36(9,44)33(50-35-30(41)25(38(11)12)15-19(3)46-35)22(6)31(23(7)34(43)48-26)49-27-17-37(10,45-13)32(42)24(8)47-27/h18-33,35,39-42,44H,14-17H2,1-13H3/t18-,19-,20+,21+,22+,23-,24+,25+,26-,27+,28+,29+,30-,31+,32+,33-,35+,36-,37-/m1/s1. The molecule has 294 valence electrons. The number of nitrogens with zero attached hydrogens (tertiary/aromatic N) is 1. The van der Waals surface area contributed by atoms with E-state index in [1.165, 1.54) is 7.11 Å². The van der Waals surface area contributed by atoms with Gasteiger partial charge in [-0.25, -0.2) is 0 Å². The highest BCUT2D eigenvalue weighted by Crippen LogP contribution is 2.41. The molecule has 19 atom stereocenters. The van der Waals surface area contributed by atoms with E-state index in [1.54, 1.807) is 41.5 Å². The van der Waals surface area contributed by atoms with Crippen molar-refractivity contribution in [3.8, 4) is 0 Å². The maximum Gasteiger partial charge on any atom is 0.311 e.